The first-order valence-corrected chi connectivity index (χ1v) is 5.97. The van der Waals surface area contributed by atoms with E-state index in [0.717, 1.165) is 11.3 Å². The number of carbonyl (C=O) groups is 1. The van der Waals surface area contributed by atoms with Crippen molar-refractivity contribution >= 4 is 5.91 Å². The van der Waals surface area contributed by atoms with Gasteiger partial charge in [-0.05, 0) is 38.1 Å². The molecule has 94 valence electrons. The number of hydrogen-bond acceptors (Lipinski definition) is 2. The maximum Gasteiger partial charge on any atom is 0.254 e. The van der Waals surface area contributed by atoms with Crippen LogP contribution in [-0.2, 0) is 0 Å². The number of nitrogens with zero attached hydrogens (tertiary/aromatic N) is 1. The van der Waals surface area contributed by atoms with Crippen LogP contribution in [0.3, 0.4) is 0 Å². The molecule has 0 spiro atoms. The van der Waals surface area contributed by atoms with E-state index in [1.807, 2.05) is 50.2 Å². The molecule has 1 aromatic heterocycles. The molecule has 1 aromatic carbocycles. The van der Waals surface area contributed by atoms with Gasteiger partial charge in [0, 0.05) is 12.6 Å². The van der Waals surface area contributed by atoms with E-state index in [0.29, 0.717) is 5.56 Å². The molecular formula is C15H17NO2. The Hall–Kier alpha value is -2.03. The lowest BCUT2D eigenvalue weighted by molar-refractivity contribution is 0.0726. The van der Waals surface area contributed by atoms with E-state index < -0.39 is 0 Å². The number of aryl methyl sites for hydroxylation is 1. The first-order valence-electron chi connectivity index (χ1n) is 5.97. The number of hydrogen-bond donors (Lipinski definition) is 0. The van der Waals surface area contributed by atoms with Gasteiger partial charge in [0.2, 0.25) is 0 Å². The molecule has 0 N–H and O–H groups in total. The van der Waals surface area contributed by atoms with Crippen molar-refractivity contribution in [2.24, 2.45) is 0 Å². The summed E-state index contributed by atoms with van der Waals surface area (Å²) in [5.74, 6) is 0.789. The Kier molecular flexibility index (Phi) is 3.51. The van der Waals surface area contributed by atoms with Gasteiger partial charge < -0.3 is 9.32 Å². The summed E-state index contributed by atoms with van der Waals surface area (Å²) in [7, 11) is 1.79. The van der Waals surface area contributed by atoms with Crippen molar-refractivity contribution in [2.75, 3.05) is 7.05 Å². The Morgan fingerprint density at radius 1 is 1.22 bits per heavy atom. The molecule has 0 radical (unpaired) electrons. The van der Waals surface area contributed by atoms with Gasteiger partial charge in [0.05, 0.1) is 12.3 Å². The van der Waals surface area contributed by atoms with Crippen LogP contribution in [0.15, 0.2) is 47.1 Å². The molecule has 0 saturated heterocycles. The van der Waals surface area contributed by atoms with Crippen LogP contribution >= 0.6 is 0 Å². The summed E-state index contributed by atoms with van der Waals surface area (Å²) < 4.78 is 5.33. The van der Waals surface area contributed by atoms with E-state index in [1.165, 1.54) is 0 Å². The molecule has 2 aromatic rings. The third kappa shape index (κ3) is 2.45. The number of furan rings is 1. The zero-order chi connectivity index (χ0) is 13.1. The zero-order valence-electron chi connectivity index (χ0n) is 10.9. The Morgan fingerprint density at radius 2 is 1.89 bits per heavy atom. The van der Waals surface area contributed by atoms with E-state index in [9.17, 15) is 4.79 Å². The second-order valence-electron chi connectivity index (χ2n) is 4.47. The van der Waals surface area contributed by atoms with Crippen molar-refractivity contribution in [3.63, 3.8) is 0 Å². The van der Waals surface area contributed by atoms with Gasteiger partial charge in [-0.1, -0.05) is 17.7 Å². The van der Waals surface area contributed by atoms with Crippen LogP contribution in [0.1, 0.15) is 34.6 Å². The molecule has 0 unspecified atom stereocenters. The van der Waals surface area contributed by atoms with Crippen molar-refractivity contribution in [3.05, 3.63) is 59.5 Å². The van der Waals surface area contributed by atoms with Crippen LogP contribution in [0, 0.1) is 6.92 Å². The van der Waals surface area contributed by atoms with Crippen LogP contribution in [-0.4, -0.2) is 17.9 Å². The van der Waals surface area contributed by atoms with Gasteiger partial charge in [-0.15, -0.1) is 0 Å². The van der Waals surface area contributed by atoms with Gasteiger partial charge in [0.1, 0.15) is 5.76 Å². The van der Waals surface area contributed by atoms with Crippen molar-refractivity contribution in [1.29, 1.82) is 0 Å². The van der Waals surface area contributed by atoms with Gasteiger partial charge in [-0.2, -0.15) is 0 Å². The van der Waals surface area contributed by atoms with E-state index >= 15 is 0 Å². The topological polar surface area (TPSA) is 33.5 Å². The number of amides is 1. The lowest BCUT2D eigenvalue weighted by Gasteiger charge is -2.23. The molecule has 2 rings (SSSR count). The molecule has 1 atom stereocenters. The molecule has 0 fully saturated rings. The quantitative estimate of drug-likeness (QED) is 0.827. The third-order valence-corrected chi connectivity index (χ3v) is 3.15. The molecule has 1 amide bonds. The maximum atomic E-state index is 12.3. The zero-order valence-corrected chi connectivity index (χ0v) is 10.9. The van der Waals surface area contributed by atoms with Crippen molar-refractivity contribution < 1.29 is 9.21 Å². The average molecular weight is 243 g/mol. The minimum Gasteiger partial charge on any atom is -0.467 e. The molecular weight excluding hydrogens is 226 g/mol. The van der Waals surface area contributed by atoms with Gasteiger partial charge in [0.15, 0.2) is 0 Å². The molecule has 3 nitrogen and oxygen atoms in total. The SMILES string of the molecule is Cc1ccc(C(=O)N(C)[C@@H](C)c2ccco2)cc1. The summed E-state index contributed by atoms with van der Waals surface area (Å²) in [4.78, 5) is 14.0. The predicted molar refractivity (Wildman–Crippen MR) is 70.4 cm³/mol. The number of carbonyl (C=O) groups excluding carboxylic acids is 1. The average Bonchev–Trinajstić information content (AvgIpc) is 2.91. The second kappa shape index (κ2) is 5.08. The van der Waals surface area contributed by atoms with Gasteiger partial charge >= 0.3 is 0 Å². The lowest BCUT2D eigenvalue weighted by atomic mass is 10.1. The number of benzene rings is 1. The monoisotopic (exact) mass is 243 g/mol. The molecule has 0 aliphatic carbocycles. The smallest absolute Gasteiger partial charge is 0.254 e. The summed E-state index contributed by atoms with van der Waals surface area (Å²) in [5, 5.41) is 0. The highest BCUT2D eigenvalue weighted by atomic mass is 16.3. The maximum absolute atomic E-state index is 12.3. The van der Waals surface area contributed by atoms with E-state index in [2.05, 4.69) is 0 Å². The molecule has 0 aliphatic rings. The second-order valence-corrected chi connectivity index (χ2v) is 4.47. The molecule has 0 aliphatic heterocycles. The molecule has 3 heteroatoms. The Bertz CT molecular complexity index is 514. The Labute approximate surface area is 107 Å². The van der Waals surface area contributed by atoms with Crippen LogP contribution in [0.25, 0.3) is 0 Å². The summed E-state index contributed by atoms with van der Waals surface area (Å²) in [6, 6.07) is 11.2. The minimum atomic E-state index is -0.0752. The molecule has 18 heavy (non-hydrogen) atoms. The van der Waals surface area contributed by atoms with Gasteiger partial charge in [0.25, 0.3) is 5.91 Å². The highest BCUT2D eigenvalue weighted by molar-refractivity contribution is 5.94. The minimum absolute atomic E-state index is 0.00102. The third-order valence-electron chi connectivity index (χ3n) is 3.15. The highest BCUT2D eigenvalue weighted by Gasteiger charge is 2.20. The summed E-state index contributed by atoms with van der Waals surface area (Å²) >= 11 is 0. The Morgan fingerprint density at radius 3 is 2.44 bits per heavy atom. The first kappa shape index (κ1) is 12.4. The standard InChI is InChI=1S/C15H17NO2/c1-11-6-8-13(9-7-11)15(17)16(3)12(2)14-5-4-10-18-14/h4-10,12H,1-3H3/t12-/m0/s1. The fourth-order valence-electron chi connectivity index (χ4n) is 1.80. The van der Waals surface area contributed by atoms with Crippen molar-refractivity contribution in [3.8, 4) is 0 Å². The summed E-state index contributed by atoms with van der Waals surface area (Å²) in [6.45, 7) is 3.95. The van der Waals surface area contributed by atoms with Crippen molar-refractivity contribution in [2.45, 2.75) is 19.9 Å². The fourth-order valence-corrected chi connectivity index (χ4v) is 1.80. The van der Waals surface area contributed by atoms with Gasteiger partial charge in [-0.3, -0.25) is 4.79 Å². The first-order chi connectivity index (χ1) is 8.59. The summed E-state index contributed by atoms with van der Waals surface area (Å²) in [5.41, 5.74) is 1.84. The molecule has 0 bridgehead atoms. The van der Waals surface area contributed by atoms with E-state index in [-0.39, 0.29) is 11.9 Å². The van der Waals surface area contributed by atoms with E-state index in [1.54, 1.807) is 18.2 Å². The molecule has 0 saturated carbocycles. The highest BCUT2D eigenvalue weighted by Crippen LogP contribution is 2.21. The van der Waals surface area contributed by atoms with Crippen LogP contribution in [0.4, 0.5) is 0 Å². The van der Waals surface area contributed by atoms with Crippen molar-refractivity contribution in [1.82, 2.24) is 4.90 Å². The largest absolute Gasteiger partial charge is 0.467 e. The van der Waals surface area contributed by atoms with Crippen LogP contribution in [0.5, 0.6) is 0 Å². The van der Waals surface area contributed by atoms with Gasteiger partial charge in [-0.25, -0.2) is 0 Å². The lowest BCUT2D eigenvalue weighted by Crippen LogP contribution is -2.29. The molecule has 1 heterocycles. The summed E-state index contributed by atoms with van der Waals surface area (Å²) in [6.07, 6.45) is 1.62. The van der Waals surface area contributed by atoms with Crippen LogP contribution in [0.2, 0.25) is 0 Å². The van der Waals surface area contributed by atoms with E-state index in [4.69, 9.17) is 4.42 Å². The number of rotatable bonds is 3. The van der Waals surface area contributed by atoms with Crippen LogP contribution < -0.4 is 0 Å². The Balaban J connectivity index is 2.16. The normalized spacial score (nSPS) is 12.2. The predicted octanol–water partition coefficient (Wildman–Crippen LogP) is 3.42. The fraction of sp³-hybridized carbons (Fsp3) is 0.267.